The van der Waals surface area contributed by atoms with Gasteiger partial charge >= 0.3 is 0 Å². The summed E-state index contributed by atoms with van der Waals surface area (Å²) in [6.07, 6.45) is 5.26. The molecule has 1 aromatic rings. The first-order valence-corrected chi connectivity index (χ1v) is 7.24. The van der Waals surface area contributed by atoms with Gasteiger partial charge in [0.2, 0.25) is 0 Å². The summed E-state index contributed by atoms with van der Waals surface area (Å²) in [5, 5.41) is 13.8. The lowest BCUT2D eigenvalue weighted by Crippen LogP contribution is -2.39. The van der Waals surface area contributed by atoms with Gasteiger partial charge in [-0.1, -0.05) is 6.92 Å². The summed E-state index contributed by atoms with van der Waals surface area (Å²) in [5.41, 5.74) is 2.46. The van der Waals surface area contributed by atoms with E-state index in [0.29, 0.717) is 6.04 Å². The first-order chi connectivity index (χ1) is 9.20. The number of hydrogen-bond acceptors (Lipinski definition) is 2. The molecular formula is C14H26IN5. The molecule has 1 heterocycles. The van der Waals surface area contributed by atoms with Gasteiger partial charge in [-0.2, -0.15) is 5.10 Å². The molecule has 114 valence electrons. The number of rotatable bonds is 6. The quantitative estimate of drug-likeness (QED) is 0.302. The average Bonchev–Trinajstić information content (AvgIpc) is 2.91. The molecule has 1 aliphatic carbocycles. The highest BCUT2D eigenvalue weighted by Crippen LogP contribution is 2.28. The third kappa shape index (κ3) is 5.30. The Morgan fingerprint density at radius 3 is 2.85 bits per heavy atom. The van der Waals surface area contributed by atoms with Crippen LogP contribution in [-0.2, 0) is 6.42 Å². The van der Waals surface area contributed by atoms with Gasteiger partial charge in [0, 0.05) is 24.8 Å². The number of H-pyrrole nitrogens is 1. The summed E-state index contributed by atoms with van der Waals surface area (Å²) in [4.78, 5) is 4.62. The van der Waals surface area contributed by atoms with E-state index in [1.807, 2.05) is 6.20 Å². The van der Waals surface area contributed by atoms with Crippen LogP contribution in [-0.4, -0.2) is 35.3 Å². The molecule has 0 bridgehead atoms. The van der Waals surface area contributed by atoms with E-state index in [1.165, 1.54) is 17.7 Å². The monoisotopic (exact) mass is 391 g/mol. The van der Waals surface area contributed by atoms with Crippen molar-refractivity contribution in [3.05, 3.63) is 17.5 Å². The van der Waals surface area contributed by atoms with Crippen LogP contribution >= 0.6 is 24.0 Å². The lowest BCUT2D eigenvalue weighted by atomic mass is 10.1. The average molecular weight is 391 g/mol. The molecule has 0 aliphatic heterocycles. The summed E-state index contributed by atoms with van der Waals surface area (Å²) in [5.74, 6) is 1.75. The standard InChI is InChI=1S/C14H25N5.HI/c1-4-15-14(18-13-8-10(13)2)16-7-5-6-12-9-17-19-11(12)3;/h9-10,13H,4-8H2,1-3H3,(H,17,19)(H2,15,16,18);1H. The van der Waals surface area contributed by atoms with Crippen molar-refractivity contribution in [3.8, 4) is 0 Å². The molecule has 0 aromatic carbocycles. The predicted octanol–water partition coefficient (Wildman–Crippen LogP) is 2.23. The number of guanidine groups is 1. The molecule has 0 amide bonds. The van der Waals surface area contributed by atoms with Gasteiger partial charge in [-0.05, 0) is 44.6 Å². The second-order valence-corrected chi connectivity index (χ2v) is 5.35. The lowest BCUT2D eigenvalue weighted by Gasteiger charge is -2.10. The van der Waals surface area contributed by atoms with Crippen LogP contribution in [0.25, 0.3) is 0 Å². The Morgan fingerprint density at radius 2 is 2.30 bits per heavy atom. The molecule has 2 rings (SSSR count). The SMILES string of the molecule is CCNC(=NCCCc1cn[nH]c1C)NC1CC1C.I. The summed E-state index contributed by atoms with van der Waals surface area (Å²) in [6, 6.07) is 0.619. The number of aromatic amines is 1. The second-order valence-electron chi connectivity index (χ2n) is 5.35. The van der Waals surface area contributed by atoms with E-state index in [2.05, 4.69) is 46.6 Å². The molecule has 2 atom stereocenters. The molecule has 3 N–H and O–H groups in total. The van der Waals surface area contributed by atoms with Crippen molar-refractivity contribution in [2.75, 3.05) is 13.1 Å². The summed E-state index contributed by atoms with van der Waals surface area (Å²) in [7, 11) is 0. The molecule has 0 spiro atoms. The summed E-state index contributed by atoms with van der Waals surface area (Å²) >= 11 is 0. The van der Waals surface area contributed by atoms with Crippen LogP contribution in [0.1, 0.15) is 37.9 Å². The van der Waals surface area contributed by atoms with Crippen molar-refractivity contribution in [1.82, 2.24) is 20.8 Å². The van der Waals surface area contributed by atoms with Gasteiger partial charge in [0.05, 0.1) is 6.20 Å². The van der Waals surface area contributed by atoms with Crippen molar-refractivity contribution >= 4 is 29.9 Å². The largest absolute Gasteiger partial charge is 0.357 e. The van der Waals surface area contributed by atoms with Crippen LogP contribution in [0.3, 0.4) is 0 Å². The number of nitrogens with zero attached hydrogens (tertiary/aromatic N) is 2. The number of halogens is 1. The third-order valence-electron chi connectivity index (χ3n) is 3.58. The minimum absolute atomic E-state index is 0. The zero-order valence-corrected chi connectivity index (χ0v) is 14.9. The van der Waals surface area contributed by atoms with Crippen LogP contribution in [0.2, 0.25) is 0 Å². The van der Waals surface area contributed by atoms with Crippen LogP contribution in [0.15, 0.2) is 11.2 Å². The van der Waals surface area contributed by atoms with E-state index in [4.69, 9.17) is 0 Å². The highest BCUT2D eigenvalue weighted by Gasteiger charge is 2.33. The van der Waals surface area contributed by atoms with Crippen molar-refractivity contribution in [2.24, 2.45) is 10.9 Å². The minimum Gasteiger partial charge on any atom is -0.357 e. The van der Waals surface area contributed by atoms with E-state index < -0.39 is 0 Å². The Morgan fingerprint density at radius 1 is 1.55 bits per heavy atom. The van der Waals surface area contributed by atoms with E-state index in [-0.39, 0.29) is 24.0 Å². The Balaban J connectivity index is 0.00000200. The number of aliphatic imine (C=N–C) groups is 1. The molecule has 1 saturated carbocycles. The van der Waals surface area contributed by atoms with Crippen molar-refractivity contribution < 1.29 is 0 Å². The fourth-order valence-corrected chi connectivity index (χ4v) is 2.11. The first-order valence-electron chi connectivity index (χ1n) is 7.24. The van der Waals surface area contributed by atoms with E-state index in [0.717, 1.165) is 37.8 Å². The highest BCUT2D eigenvalue weighted by molar-refractivity contribution is 14.0. The molecule has 1 aliphatic rings. The fourth-order valence-electron chi connectivity index (χ4n) is 2.11. The first kappa shape index (κ1) is 17.3. The number of aromatic nitrogens is 2. The molecule has 1 fully saturated rings. The van der Waals surface area contributed by atoms with Crippen LogP contribution < -0.4 is 10.6 Å². The third-order valence-corrected chi connectivity index (χ3v) is 3.58. The van der Waals surface area contributed by atoms with Crippen molar-refractivity contribution in [1.29, 1.82) is 0 Å². The summed E-state index contributed by atoms with van der Waals surface area (Å²) in [6.45, 7) is 8.19. The smallest absolute Gasteiger partial charge is 0.191 e. The number of nitrogens with one attached hydrogen (secondary N) is 3. The van der Waals surface area contributed by atoms with E-state index in [9.17, 15) is 0 Å². The number of aryl methyl sites for hydroxylation is 2. The molecule has 0 radical (unpaired) electrons. The molecule has 1 aromatic heterocycles. The normalized spacial score (nSPS) is 21.2. The zero-order valence-electron chi connectivity index (χ0n) is 12.6. The van der Waals surface area contributed by atoms with Gasteiger partial charge < -0.3 is 10.6 Å². The Bertz CT molecular complexity index is 429. The van der Waals surface area contributed by atoms with E-state index >= 15 is 0 Å². The maximum absolute atomic E-state index is 4.62. The van der Waals surface area contributed by atoms with Gasteiger partial charge in [-0.25, -0.2) is 0 Å². The maximum atomic E-state index is 4.62. The molecule has 20 heavy (non-hydrogen) atoms. The molecule has 0 saturated heterocycles. The summed E-state index contributed by atoms with van der Waals surface area (Å²) < 4.78 is 0. The zero-order chi connectivity index (χ0) is 13.7. The Labute approximate surface area is 138 Å². The maximum Gasteiger partial charge on any atom is 0.191 e. The van der Waals surface area contributed by atoms with Crippen LogP contribution in [0, 0.1) is 12.8 Å². The number of hydrogen-bond donors (Lipinski definition) is 3. The predicted molar refractivity (Wildman–Crippen MR) is 93.7 cm³/mol. The topological polar surface area (TPSA) is 65.1 Å². The molecule has 5 nitrogen and oxygen atoms in total. The molecular weight excluding hydrogens is 365 g/mol. The highest BCUT2D eigenvalue weighted by atomic mass is 127. The van der Waals surface area contributed by atoms with Gasteiger partial charge in [-0.3, -0.25) is 10.1 Å². The van der Waals surface area contributed by atoms with Crippen molar-refractivity contribution in [2.45, 2.75) is 46.1 Å². The molecule has 6 heteroatoms. The lowest BCUT2D eigenvalue weighted by molar-refractivity contribution is 0.753. The Kier molecular flexibility index (Phi) is 7.32. The van der Waals surface area contributed by atoms with Gasteiger partial charge in [-0.15, -0.1) is 24.0 Å². The van der Waals surface area contributed by atoms with Crippen molar-refractivity contribution in [3.63, 3.8) is 0 Å². The van der Waals surface area contributed by atoms with Crippen LogP contribution in [0.5, 0.6) is 0 Å². The fraction of sp³-hybridized carbons (Fsp3) is 0.714. The Hall–Kier alpha value is -0.790. The van der Waals surface area contributed by atoms with Gasteiger partial charge in [0.25, 0.3) is 0 Å². The van der Waals surface area contributed by atoms with E-state index in [1.54, 1.807) is 0 Å². The van der Waals surface area contributed by atoms with Gasteiger partial charge in [0.1, 0.15) is 0 Å². The van der Waals surface area contributed by atoms with Gasteiger partial charge in [0.15, 0.2) is 5.96 Å². The second kappa shape index (κ2) is 8.49. The van der Waals surface area contributed by atoms with Crippen LogP contribution in [0.4, 0.5) is 0 Å². The minimum atomic E-state index is 0. The molecule has 2 unspecified atom stereocenters.